The molecule has 8 nitrogen and oxygen atoms in total. The molecule has 0 atom stereocenters. The molecule has 0 fully saturated rings. The van der Waals surface area contributed by atoms with E-state index in [0.717, 1.165) is 50.6 Å². The minimum absolute atomic E-state index is 0.130. The number of aromatic hydroxyl groups is 1. The van der Waals surface area contributed by atoms with E-state index < -0.39 is 5.82 Å². The van der Waals surface area contributed by atoms with E-state index >= 15 is 0 Å². The summed E-state index contributed by atoms with van der Waals surface area (Å²) in [6, 6.07) is 9.68. The van der Waals surface area contributed by atoms with Crippen LogP contribution in [0.25, 0.3) is 55.7 Å². The van der Waals surface area contributed by atoms with Crippen molar-refractivity contribution in [2.75, 3.05) is 0 Å². The van der Waals surface area contributed by atoms with Crippen LogP contribution in [0, 0.1) is 5.82 Å². The zero-order valence-corrected chi connectivity index (χ0v) is 16.8. The molecule has 5 aromatic heterocycles. The largest absolute Gasteiger partial charge is 0.508 e. The molecule has 0 aliphatic carbocycles. The van der Waals surface area contributed by atoms with Gasteiger partial charge >= 0.3 is 0 Å². The molecule has 0 spiro atoms. The zero-order valence-electron chi connectivity index (χ0n) is 16.8. The van der Waals surface area contributed by atoms with Crippen molar-refractivity contribution in [3.63, 3.8) is 0 Å². The SMILES string of the molecule is Cn1cc(-c2cc3c(-c4cc5c(-c6cc(O)cc(F)c6)ccnc5[nH]4)n[nH]c3cn2)cn1. The quantitative estimate of drug-likeness (QED) is 0.389. The average Bonchev–Trinajstić information content (AvgIpc) is 3.49. The number of hydrogen-bond donors (Lipinski definition) is 3. The number of H-pyrrole nitrogens is 2. The van der Waals surface area contributed by atoms with Crippen molar-refractivity contribution in [2.24, 2.45) is 7.05 Å². The maximum Gasteiger partial charge on any atom is 0.138 e. The Morgan fingerprint density at radius 3 is 2.72 bits per heavy atom. The van der Waals surface area contributed by atoms with Crippen LogP contribution in [0.2, 0.25) is 0 Å². The lowest BCUT2D eigenvalue weighted by atomic mass is 10.0. The molecule has 0 radical (unpaired) electrons. The summed E-state index contributed by atoms with van der Waals surface area (Å²) in [4.78, 5) is 12.2. The van der Waals surface area contributed by atoms with E-state index in [4.69, 9.17) is 0 Å². The first-order chi connectivity index (χ1) is 15.5. The Morgan fingerprint density at radius 1 is 1.00 bits per heavy atom. The first kappa shape index (κ1) is 18.3. The molecule has 0 aliphatic rings. The fourth-order valence-electron chi connectivity index (χ4n) is 3.97. The molecule has 32 heavy (non-hydrogen) atoms. The Balaban J connectivity index is 1.51. The first-order valence-corrected chi connectivity index (χ1v) is 9.86. The number of fused-ring (bicyclic) bond motifs is 2. The standard InChI is InChI=1S/C23H16FN7O/c1-31-11-13(9-27-31)19-8-18-21(10-26-19)29-30-22(18)20-7-17-16(2-3-25-23(17)28-20)12-4-14(24)6-15(32)5-12/h2-11,32H,1H3,(H,25,28)(H,29,30). The molecule has 3 N–H and O–H groups in total. The highest BCUT2D eigenvalue weighted by molar-refractivity contribution is 6.00. The minimum Gasteiger partial charge on any atom is -0.508 e. The third kappa shape index (κ3) is 2.90. The highest BCUT2D eigenvalue weighted by Gasteiger charge is 2.16. The van der Waals surface area contributed by atoms with Gasteiger partial charge in [0.1, 0.15) is 22.9 Å². The van der Waals surface area contributed by atoms with E-state index in [0.29, 0.717) is 11.2 Å². The number of aromatic amines is 2. The molecule has 0 bridgehead atoms. The predicted octanol–water partition coefficient (Wildman–Crippen LogP) is 4.41. The summed E-state index contributed by atoms with van der Waals surface area (Å²) in [7, 11) is 1.86. The fourth-order valence-corrected chi connectivity index (χ4v) is 3.97. The fraction of sp³-hybridized carbons (Fsp3) is 0.0435. The van der Waals surface area contributed by atoms with Crippen molar-refractivity contribution in [1.29, 1.82) is 0 Å². The lowest BCUT2D eigenvalue weighted by Gasteiger charge is -2.04. The Kier molecular flexibility index (Phi) is 3.85. The number of nitrogens with zero attached hydrogens (tertiary/aromatic N) is 5. The van der Waals surface area contributed by atoms with Crippen LogP contribution in [0.4, 0.5) is 4.39 Å². The van der Waals surface area contributed by atoms with Crippen molar-refractivity contribution in [1.82, 2.24) is 34.9 Å². The van der Waals surface area contributed by atoms with E-state index in [1.165, 1.54) is 12.1 Å². The number of benzene rings is 1. The number of aryl methyl sites for hydroxylation is 1. The van der Waals surface area contributed by atoms with Gasteiger partial charge in [0.2, 0.25) is 0 Å². The van der Waals surface area contributed by atoms with Gasteiger partial charge < -0.3 is 10.1 Å². The van der Waals surface area contributed by atoms with Gasteiger partial charge in [0.15, 0.2) is 0 Å². The smallest absolute Gasteiger partial charge is 0.138 e. The number of aromatic nitrogens is 7. The molecule has 9 heteroatoms. The van der Waals surface area contributed by atoms with Crippen LogP contribution >= 0.6 is 0 Å². The van der Waals surface area contributed by atoms with Gasteiger partial charge in [-0.15, -0.1) is 0 Å². The number of phenols is 1. The molecule has 0 amide bonds. The molecule has 6 rings (SSSR count). The number of halogens is 1. The van der Waals surface area contributed by atoms with Crippen molar-refractivity contribution in [3.05, 3.63) is 67.0 Å². The molecular formula is C23H16FN7O. The van der Waals surface area contributed by atoms with Crippen LogP contribution in [0.3, 0.4) is 0 Å². The van der Waals surface area contributed by atoms with Gasteiger partial charge in [0.25, 0.3) is 0 Å². The maximum atomic E-state index is 13.9. The van der Waals surface area contributed by atoms with Crippen molar-refractivity contribution in [2.45, 2.75) is 0 Å². The number of hydrogen-bond acceptors (Lipinski definition) is 5. The Morgan fingerprint density at radius 2 is 1.91 bits per heavy atom. The first-order valence-electron chi connectivity index (χ1n) is 9.86. The molecular weight excluding hydrogens is 409 g/mol. The topological polar surface area (TPSA) is 108 Å². The van der Waals surface area contributed by atoms with Gasteiger partial charge in [-0.1, -0.05) is 0 Å². The summed E-state index contributed by atoms with van der Waals surface area (Å²) >= 11 is 0. The van der Waals surface area contributed by atoms with E-state index in [1.807, 2.05) is 25.4 Å². The minimum atomic E-state index is -0.505. The summed E-state index contributed by atoms with van der Waals surface area (Å²) in [6.07, 6.45) is 7.06. The van der Waals surface area contributed by atoms with Crippen LogP contribution in [0.1, 0.15) is 0 Å². The number of pyridine rings is 2. The maximum absolute atomic E-state index is 13.9. The summed E-state index contributed by atoms with van der Waals surface area (Å²) in [5.41, 5.74) is 5.94. The highest BCUT2D eigenvalue weighted by Crippen LogP contribution is 2.35. The summed E-state index contributed by atoms with van der Waals surface area (Å²) < 4.78 is 15.6. The molecule has 0 unspecified atom stereocenters. The molecule has 6 aromatic rings. The second-order valence-electron chi connectivity index (χ2n) is 7.59. The number of phenolic OH excluding ortho intramolecular Hbond substituents is 1. The molecule has 156 valence electrons. The Bertz CT molecular complexity index is 1610. The second kappa shape index (κ2) is 6.74. The van der Waals surface area contributed by atoms with Crippen LogP contribution in [0.5, 0.6) is 5.75 Å². The average molecular weight is 425 g/mol. The molecule has 1 aromatic carbocycles. The van der Waals surface area contributed by atoms with Crippen LogP contribution in [-0.2, 0) is 7.05 Å². The van der Waals surface area contributed by atoms with Gasteiger partial charge in [-0.3, -0.25) is 14.8 Å². The third-order valence-corrected chi connectivity index (χ3v) is 5.43. The van der Waals surface area contributed by atoms with Gasteiger partial charge in [-0.2, -0.15) is 10.2 Å². The zero-order chi connectivity index (χ0) is 21.8. The van der Waals surface area contributed by atoms with Crippen LogP contribution in [-0.4, -0.2) is 40.0 Å². The van der Waals surface area contributed by atoms with Crippen molar-refractivity contribution in [3.8, 4) is 39.5 Å². The predicted molar refractivity (Wildman–Crippen MR) is 118 cm³/mol. The second-order valence-corrected chi connectivity index (χ2v) is 7.59. The molecule has 5 heterocycles. The van der Waals surface area contributed by atoms with E-state index in [2.05, 4.69) is 30.2 Å². The number of nitrogens with one attached hydrogen (secondary N) is 2. The Labute approximate surface area is 180 Å². The van der Waals surface area contributed by atoms with Crippen molar-refractivity contribution >= 4 is 21.9 Å². The van der Waals surface area contributed by atoms with Gasteiger partial charge in [-0.05, 0) is 41.5 Å². The summed E-state index contributed by atoms with van der Waals surface area (Å²) in [6.45, 7) is 0. The van der Waals surface area contributed by atoms with E-state index in [9.17, 15) is 9.50 Å². The van der Waals surface area contributed by atoms with Crippen molar-refractivity contribution < 1.29 is 9.50 Å². The van der Waals surface area contributed by atoms with E-state index in [1.54, 1.807) is 29.3 Å². The Hall–Kier alpha value is -4.53. The van der Waals surface area contributed by atoms with Gasteiger partial charge in [0.05, 0.1) is 29.3 Å². The molecule has 0 saturated carbocycles. The molecule has 0 saturated heterocycles. The molecule has 0 aliphatic heterocycles. The number of rotatable bonds is 3. The third-order valence-electron chi connectivity index (χ3n) is 5.43. The lowest BCUT2D eigenvalue weighted by Crippen LogP contribution is -1.85. The highest BCUT2D eigenvalue weighted by atomic mass is 19.1. The monoisotopic (exact) mass is 425 g/mol. The summed E-state index contributed by atoms with van der Waals surface area (Å²) in [5, 5.41) is 23.2. The normalized spacial score (nSPS) is 11.6. The van der Waals surface area contributed by atoms with Gasteiger partial charge in [-0.25, -0.2) is 9.37 Å². The van der Waals surface area contributed by atoms with Crippen LogP contribution < -0.4 is 0 Å². The lowest BCUT2D eigenvalue weighted by molar-refractivity contribution is 0.469. The van der Waals surface area contributed by atoms with E-state index in [-0.39, 0.29) is 5.75 Å². The van der Waals surface area contributed by atoms with Gasteiger partial charge in [0, 0.05) is 41.8 Å². The summed E-state index contributed by atoms with van der Waals surface area (Å²) in [5.74, 6) is -0.635. The van der Waals surface area contributed by atoms with Crippen LogP contribution in [0.15, 0.2) is 61.2 Å².